The molecule has 7 nitrogen and oxygen atoms in total. The number of urea groups is 1. The second kappa shape index (κ2) is 7.44. The number of hydrogen-bond acceptors (Lipinski definition) is 5. The van der Waals surface area contributed by atoms with E-state index in [1.807, 2.05) is 0 Å². The van der Waals surface area contributed by atoms with Crippen molar-refractivity contribution in [2.45, 2.75) is 49.4 Å². The fourth-order valence-corrected chi connectivity index (χ4v) is 3.14. The molecule has 21 heavy (non-hydrogen) atoms. The summed E-state index contributed by atoms with van der Waals surface area (Å²) in [6, 6.07) is -0.510. The molecule has 0 saturated heterocycles. The number of imide groups is 1. The molecule has 8 heteroatoms. The Kier molecular flexibility index (Phi) is 5.60. The van der Waals surface area contributed by atoms with Crippen LogP contribution >= 0.6 is 11.8 Å². The van der Waals surface area contributed by atoms with Crippen molar-refractivity contribution in [1.82, 2.24) is 25.8 Å². The van der Waals surface area contributed by atoms with Crippen LogP contribution in [-0.4, -0.2) is 39.4 Å². The van der Waals surface area contributed by atoms with E-state index in [0.717, 1.165) is 12.2 Å². The Morgan fingerprint density at radius 3 is 2.81 bits per heavy atom. The number of carbonyl (C=O) groups is 2. The van der Waals surface area contributed by atoms with E-state index in [4.69, 9.17) is 0 Å². The first-order valence-corrected chi connectivity index (χ1v) is 8.07. The highest BCUT2D eigenvalue weighted by Gasteiger charge is 2.20. The van der Waals surface area contributed by atoms with Gasteiger partial charge in [0.1, 0.15) is 5.82 Å². The standard InChI is InChI=1S/C13H21N5O2S/c1-8(11(19)16-12(20)14-2)21-13-15-10(17-18-13)7-9-5-3-4-6-9/h8-9H,3-7H2,1-2H3,(H,15,17,18)(H2,14,16,19,20). The monoisotopic (exact) mass is 311 g/mol. The maximum atomic E-state index is 11.7. The molecular formula is C13H21N5O2S. The molecule has 1 atom stereocenters. The average Bonchev–Trinajstić information content (AvgIpc) is 3.11. The van der Waals surface area contributed by atoms with Gasteiger partial charge in [-0.15, -0.1) is 5.10 Å². The van der Waals surface area contributed by atoms with Crippen molar-refractivity contribution in [3.63, 3.8) is 0 Å². The summed E-state index contributed by atoms with van der Waals surface area (Å²) in [5.74, 6) is 1.22. The lowest BCUT2D eigenvalue weighted by atomic mass is 10.0. The molecule has 2 rings (SSSR count). The van der Waals surface area contributed by atoms with Gasteiger partial charge in [0.05, 0.1) is 5.25 Å². The quantitative estimate of drug-likeness (QED) is 0.715. The van der Waals surface area contributed by atoms with Gasteiger partial charge in [0, 0.05) is 13.5 Å². The predicted octanol–water partition coefficient (Wildman–Crippen LogP) is 1.47. The molecule has 1 aliphatic rings. The van der Waals surface area contributed by atoms with E-state index in [2.05, 4.69) is 25.8 Å². The van der Waals surface area contributed by atoms with Gasteiger partial charge in [0.25, 0.3) is 0 Å². The third-order valence-corrected chi connectivity index (χ3v) is 4.54. The second-order valence-electron chi connectivity index (χ2n) is 5.25. The van der Waals surface area contributed by atoms with Crippen LogP contribution in [0, 0.1) is 5.92 Å². The Morgan fingerprint density at radius 2 is 2.14 bits per heavy atom. The van der Waals surface area contributed by atoms with Gasteiger partial charge in [-0.3, -0.25) is 15.2 Å². The number of aromatic nitrogens is 3. The number of rotatable bonds is 5. The smallest absolute Gasteiger partial charge is 0.321 e. The summed E-state index contributed by atoms with van der Waals surface area (Å²) < 4.78 is 0. The minimum Gasteiger partial charge on any atom is -0.341 e. The molecule has 1 heterocycles. The lowest BCUT2D eigenvalue weighted by Crippen LogP contribution is -2.41. The van der Waals surface area contributed by atoms with Gasteiger partial charge in [-0.25, -0.2) is 9.78 Å². The Hall–Kier alpha value is -1.57. The number of aromatic amines is 1. The summed E-state index contributed by atoms with van der Waals surface area (Å²) in [4.78, 5) is 27.2. The van der Waals surface area contributed by atoms with Crippen LogP contribution in [0.2, 0.25) is 0 Å². The molecule has 1 fully saturated rings. The normalized spacial score (nSPS) is 16.7. The largest absolute Gasteiger partial charge is 0.341 e. The zero-order chi connectivity index (χ0) is 15.2. The number of hydrogen-bond donors (Lipinski definition) is 3. The highest BCUT2D eigenvalue weighted by Crippen LogP contribution is 2.27. The molecule has 0 radical (unpaired) electrons. The fourth-order valence-electron chi connectivity index (χ4n) is 2.40. The van der Waals surface area contributed by atoms with E-state index in [9.17, 15) is 9.59 Å². The number of carbonyl (C=O) groups excluding carboxylic acids is 2. The Morgan fingerprint density at radius 1 is 1.43 bits per heavy atom. The van der Waals surface area contributed by atoms with Gasteiger partial charge < -0.3 is 5.32 Å². The summed E-state index contributed by atoms with van der Waals surface area (Å²) in [6.07, 6.45) is 6.04. The molecule has 1 saturated carbocycles. The molecule has 3 N–H and O–H groups in total. The van der Waals surface area contributed by atoms with Crippen LogP contribution in [0.5, 0.6) is 0 Å². The Balaban J connectivity index is 1.83. The molecule has 116 valence electrons. The third kappa shape index (κ3) is 4.73. The maximum Gasteiger partial charge on any atom is 0.321 e. The van der Waals surface area contributed by atoms with Gasteiger partial charge in [0.2, 0.25) is 11.1 Å². The molecule has 3 amide bonds. The van der Waals surface area contributed by atoms with Crippen molar-refractivity contribution in [2.75, 3.05) is 7.05 Å². The number of H-pyrrole nitrogens is 1. The molecular weight excluding hydrogens is 290 g/mol. The second-order valence-corrected chi connectivity index (χ2v) is 6.56. The molecule has 1 aromatic heterocycles. The van der Waals surface area contributed by atoms with Crippen molar-refractivity contribution in [3.8, 4) is 0 Å². The van der Waals surface area contributed by atoms with Crippen LogP contribution in [0.15, 0.2) is 5.16 Å². The first-order valence-electron chi connectivity index (χ1n) is 7.19. The van der Waals surface area contributed by atoms with Gasteiger partial charge in [-0.05, 0) is 12.8 Å². The van der Waals surface area contributed by atoms with Crippen LogP contribution < -0.4 is 10.6 Å². The van der Waals surface area contributed by atoms with Crippen LogP contribution in [0.25, 0.3) is 0 Å². The van der Waals surface area contributed by atoms with Gasteiger partial charge in [-0.1, -0.05) is 37.4 Å². The first-order chi connectivity index (χ1) is 10.1. The summed E-state index contributed by atoms with van der Waals surface area (Å²) >= 11 is 1.24. The minimum atomic E-state index is -0.510. The SMILES string of the molecule is CNC(=O)NC(=O)C(C)Sc1n[nH]c(CC2CCCC2)n1. The van der Waals surface area contributed by atoms with Gasteiger partial charge >= 0.3 is 6.03 Å². The molecule has 0 aliphatic heterocycles. The maximum absolute atomic E-state index is 11.7. The van der Waals surface area contributed by atoms with E-state index in [0.29, 0.717) is 11.1 Å². The predicted molar refractivity (Wildman–Crippen MR) is 80.0 cm³/mol. The van der Waals surface area contributed by atoms with Crippen LogP contribution in [0.1, 0.15) is 38.4 Å². The summed E-state index contributed by atoms with van der Waals surface area (Å²) in [6.45, 7) is 1.72. The molecule has 1 aliphatic carbocycles. The van der Waals surface area contributed by atoms with Gasteiger partial charge in [0.15, 0.2) is 0 Å². The highest BCUT2D eigenvalue weighted by molar-refractivity contribution is 8.00. The van der Waals surface area contributed by atoms with Crippen molar-refractivity contribution in [1.29, 1.82) is 0 Å². The summed E-state index contributed by atoms with van der Waals surface area (Å²) in [7, 11) is 1.46. The van der Waals surface area contributed by atoms with Crippen LogP contribution in [-0.2, 0) is 11.2 Å². The van der Waals surface area contributed by atoms with Crippen molar-refractivity contribution < 1.29 is 9.59 Å². The molecule has 0 bridgehead atoms. The minimum absolute atomic E-state index is 0.360. The fraction of sp³-hybridized carbons (Fsp3) is 0.692. The van der Waals surface area contributed by atoms with Crippen molar-refractivity contribution in [3.05, 3.63) is 5.82 Å². The lowest BCUT2D eigenvalue weighted by Gasteiger charge is -2.08. The van der Waals surface area contributed by atoms with Gasteiger partial charge in [-0.2, -0.15) is 0 Å². The van der Waals surface area contributed by atoms with E-state index < -0.39 is 11.3 Å². The summed E-state index contributed by atoms with van der Waals surface area (Å²) in [5, 5.41) is 11.8. The zero-order valence-corrected chi connectivity index (χ0v) is 13.1. The average molecular weight is 311 g/mol. The van der Waals surface area contributed by atoms with E-state index in [-0.39, 0.29) is 5.91 Å². The van der Waals surface area contributed by atoms with E-state index >= 15 is 0 Å². The summed E-state index contributed by atoms with van der Waals surface area (Å²) in [5.41, 5.74) is 0. The Labute approximate surface area is 128 Å². The topological polar surface area (TPSA) is 99.8 Å². The zero-order valence-electron chi connectivity index (χ0n) is 12.3. The van der Waals surface area contributed by atoms with Crippen LogP contribution in [0.3, 0.4) is 0 Å². The first kappa shape index (κ1) is 15.8. The number of nitrogens with zero attached hydrogens (tertiary/aromatic N) is 2. The Bertz CT molecular complexity index is 499. The van der Waals surface area contributed by atoms with Crippen LogP contribution in [0.4, 0.5) is 4.79 Å². The molecule has 0 spiro atoms. The third-order valence-electron chi connectivity index (χ3n) is 3.58. The molecule has 1 unspecified atom stereocenters. The number of nitrogens with one attached hydrogen (secondary N) is 3. The lowest BCUT2D eigenvalue weighted by molar-refractivity contribution is -0.119. The van der Waals surface area contributed by atoms with Crippen molar-refractivity contribution in [2.24, 2.45) is 5.92 Å². The highest BCUT2D eigenvalue weighted by atomic mass is 32.2. The number of thioether (sulfide) groups is 1. The van der Waals surface area contributed by atoms with Crippen molar-refractivity contribution >= 4 is 23.7 Å². The van der Waals surface area contributed by atoms with E-state index in [1.165, 1.54) is 44.5 Å². The molecule has 0 aromatic carbocycles. The van der Waals surface area contributed by atoms with E-state index in [1.54, 1.807) is 6.92 Å². The molecule has 1 aromatic rings. The number of amides is 3.